The molecule has 0 fully saturated rings. The molecule has 5 nitrogen and oxygen atoms in total. The fourth-order valence-corrected chi connectivity index (χ4v) is 3.02. The van der Waals surface area contributed by atoms with E-state index in [4.69, 9.17) is 5.73 Å². The van der Waals surface area contributed by atoms with Gasteiger partial charge in [-0.25, -0.2) is 0 Å². The highest BCUT2D eigenvalue weighted by atomic mass is 16.2. The maximum atomic E-state index is 12.5. The van der Waals surface area contributed by atoms with Crippen LogP contribution in [0.5, 0.6) is 0 Å². The minimum atomic E-state index is -0.618. The lowest BCUT2D eigenvalue weighted by Crippen LogP contribution is -2.36. The number of carbonyl (C=O) groups is 1. The average molecular weight is 362 g/mol. The van der Waals surface area contributed by atoms with E-state index >= 15 is 0 Å². The second-order valence-electron chi connectivity index (χ2n) is 6.90. The number of likely N-dealkylation sites (N-methyl/N-ethyl adjacent to an activating group) is 1. The number of nitrogens with one attached hydrogen (secondary N) is 1. The molecule has 0 spiro atoms. The molecule has 2 aromatic carbocycles. The maximum Gasteiger partial charge on any atom is 0.243 e. The summed E-state index contributed by atoms with van der Waals surface area (Å²) in [7, 11) is 1.80. The molecular formula is C22H26N4O. The van der Waals surface area contributed by atoms with Crippen LogP contribution in [0.1, 0.15) is 29.3 Å². The van der Waals surface area contributed by atoms with Crippen molar-refractivity contribution in [1.82, 2.24) is 15.1 Å². The minimum absolute atomic E-state index is 0.0616. The predicted octanol–water partition coefficient (Wildman–Crippen LogP) is 3.48. The molecule has 1 heterocycles. The van der Waals surface area contributed by atoms with Crippen molar-refractivity contribution in [2.24, 2.45) is 5.73 Å². The number of amides is 1. The number of hydrogen-bond donors (Lipinski definition) is 2. The van der Waals surface area contributed by atoms with Crippen molar-refractivity contribution < 1.29 is 4.79 Å². The zero-order chi connectivity index (χ0) is 19.2. The van der Waals surface area contributed by atoms with E-state index in [1.807, 2.05) is 61.5 Å². The van der Waals surface area contributed by atoms with Crippen LogP contribution in [0.2, 0.25) is 0 Å². The first-order valence-corrected chi connectivity index (χ1v) is 9.21. The summed E-state index contributed by atoms with van der Waals surface area (Å²) in [5, 5.41) is 7.45. The van der Waals surface area contributed by atoms with Gasteiger partial charge in [0, 0.05) is 24.8 Å². The molecule has 1 atom stereocenters. The van der Waals surface area contributed by atoms with Gasteiger partial charge in [0.2, 0.25) is 5.91 Å². The number of H-pyrrole nitrogens is 1. The molecule has 0 saturated heterocycles. The Hall–Kier alpha value is -2.92. The van der Waals surface area contributed by atoms with Crippen LogP contribution in [-0.2, 0) is 11.2 Å². The van der Waals surface area contributed by atoms with E-state index in [0.29, 0.717) is 6.54 Å². The summed E-state index contributed by atoms with van der Waals surface area (Å²) >= 11 is 0. The molecule has 3 rings (SSSR count). The number of aromatic nitrogens is 2. The first-order chi connectivity index (χ1) is 13.0. The van der Waals surface area contributed by atoms with E-state index in [9.17, 15) is 4.79 Å². The van der Waals surface area contributed by atoms with Gasteiger partial charge in [-0.1, -0.05) is 60.2 Å². The standard InChI is InChI=1S/C22H26N4O/c1-16-10-12-18(13-11-16)21(23)22(27)26(2)14-6-9-19-15-20(25-24-19)17-7-4-3-5-8-17/h3-5,7-8,10-13,15,21H,6,9,14,23H2,1-2H3,(H,24,25). The van der Waals surface area contributed by atoms with E-state index in [1.165, 1.54) is 0 Å². The molecule has 1 amide bonds. The Labute approximate surface area is 160 Å². The summed E-state index contributed by atoms with van der Waals surface area (Å²) < 4.78 is 0. The van der Waals surface area contributed by atoms with Crippen LogP contribution in [0.15, 0.2) is 60.7 Å². The third kappa shape index (κ3) is 4.83. The van der Waals surface area contributed by atoms with Crippen molar-refractivity contribution in [3.63, 3.8) is 0 Å². The van der Waals surface area contributed by atoms with Gasteiger partial charge in [-0.2, -0.15) is 5.10 Å². The fraction of sp³-hybridized carbons (Fsp3) is 0.273. The topological polar surface area (TPSA) is 75.0 Å². The molecule has 1 unspecified atom stereocenters. The summed E-state index contributed by atoms with van der Waals surface area (Å²) in [6.45, 7) is 2.67. The Bertz CT molecular complexity index is 871. The molecule has 27 heavy (non-hydrogen) atoms. The van der Waals surface area contributed by atoms with Crippen LogP contribution < -0.4 is 5.73 Å². The van der Waals surface area contributed by atoms with Crippen molar-refractivity contribution in [3.05, 3.63) is 77.5 Å². The molecule has 0 aliphatic rings. The van der Waals surface area contributed by atoms with Crippen molar-refractivity contribution in [3.8, 4) is 11.3 Å². The van der Waals surface area contributed by atoms with E-state index in [-0.39, 0.29) is 5.91 Å². The molecular weight excluding hydrogens is 336 g/mol. The number of rotatable bonds is 7. The van der Waals surface area contributed by atoms with E-state index in [0.717, 1.165) is 40.9 Å². The van der Waals surface area contributed by atoms with Crippen LogP contribution in [-0.4, -0.2) is 34.6 Å². The minimum Gasteiger partial charge on any atom is -0.344 e. The third-order valence-electron chi connectivity index (χ3n) is 4.72. The molecule has 0 radical (unpaired) electrons. The van der Waals surface area contributed by atoms with Gasteiger partial charge < -0.3 is 10.6 Å². The summed E-state index contributed by atoms with van der Waals surface area (Å²) in [5.41, 5.74) is 11.2. The van der Waals surface area contributed by atoms with Gasteiger partial charge in [-0.05, 0) is 31.4 Å². The van der Waals surface area contributed by atoms with Gasteiger partial charge in [0.05, 0.1) is 5.69 Å². The zero-order valence-electron chi connectivity index (χ0n) is 15.9. The van der Waals surface area contributed by atoms with Gasteiger partial charge in [0.25, 0.3) is 0 Å². The number of aromatic amines is 1. The first-order valence-electron chi connectivity index (χ1n) is 9.21. The quantitative estimate of drug-likeness (QED) is 0.676. The molecule has 1 aromatic heterocycles. The average Bonchev–Trinajstić information content (AvgIpc) is 3.17. The van der Waals surface area contributed by atoms with Crippen LogP contribution >= 0.6 is 0 Å². The fourth-order valence-electron chi connectivity index (χ4n) is 3.02. The zero-order valence-corrected chi connectivity index (χ0v) is 15.9. The summed E-state index contributed by atoms with van der Waals surface area (Å²) in [4.78, 5) is 14.2. The van der Waals surface area contributed by atoms with Crippen molar-refractivity contribution in [2.75, 3.05) is 13.6 Å². The lowest BCUT2D eigenvalue weighted by atomic mass is 10.0. The van der Waals surface area contributed by atoms with Crippen LogP contribution in [0, 0.1) is 6.92 Å². The predicted molar refractivity (Wildman–Crippen MR) is 108 cm³/mol. The normalized spacial score (nSPS) is 12.0. The molecule has 0 aliphatic carbocycles. The molecule has 3 N–H and O–H groups in total. The molecule has 0 saturated carbocycles. The molecule has 3 aromatic rings. The lowest BCUT2D eigenvalue weighted by Gasteiger charge is -2.21. The third-order valence-corrected chi connectivity index (χ3v) is 4.72. The van der Waals surface area contributed by atoms with E-state index < -0.39 is 6.04 Å². The SMILES string of the molecule is Cc1ccc(C(N)C(=O)N(C)CCCc2cc(-c3ccccc3)n[nH]2)cc1. The first kappa shape index (κ1) is 18.9. The number of carbonyl (C=O) groups excluding carboxylic acids is 1. The molecule has 0 bridgehead atoms. The van der Waals surface area contributed by atoms with Crippen LogP contribution in [0.3, 0.4) is 0 Å². The molecule has 140 valence electrons. The Morgan fingerprint density at radius 1 is 1.15 bits per heavy atom. The Balaban J connectivity index is 1.50. The number of benzene rings is 2. The Morgan fingerprint density at radius 2 is 1.85 bits per heavy atom. The van der Waals surface area contributed by atoms with Gasteiger partial charge in [0.15, 0.2) is 0 Å². The number of nitrogens with two attached hydrogens (primary N) is 1. The van der Waals surface area contributed by atoms with Gasteiger partial charge in [-0.15, -0.1) is 0 Å². The van der Waals surface area contributed by atoms with Gasteiger partial charge in [0.1, 0.15) is 6.04 Å². The molecule has 0 aliphatic heterocycles. The molecule has 5 heteroatoms. The lowest BCUT2D eigenvalue weighted by molar-refractivity contribution is -0.131. The largest absolute Gasteiger partial charge is 0.344 e. The van der Waals surface area contributed by atoms with Gasteiger partial charge in [-0.3, -0.25) is 9.89 Å². The van der Waals surface area contributed by atoms with Crippen LogP contribution in [0.25, 0.3) is 11.3 Å². The highest BCUT2D eigenvalue weighted by Crippen LogP contribution is 2.18. The van der Waals surface area contributed by atoms with Gasteiger partial charge >= 0.3 is 0 Å². The highest BCUT2D eigenvalue weighted by molar-refractivity contribution is 5.82. The second-order valence-corrected chi connectivity index (χ2v) is 6.90. The number of hydrogen-bond acceptors (Lipinski definition) is 3. The van der Waals surface area contributed by atoms with Crippen LogP contribution in [0.4, 0.5) is 0 Å². The monoisotopic (exact) mass is 362 g/mol. The Kier molecular flexibility index (Phi) is 6.04. The maximum absolute atomic E-state index is 12.5. The second kappa shape index (κ2) is 8.64. The number of nitrogens with zero attached hydrogens (tertiary/aromatic N) is 2. The Morgan fingerprint density at radius 3 is 2.56 bits per heavy atom. The summed E-state index contributed by atoms with van der Waals surface area (Å²) in [6.07, 6.45) is 1.68. The highest BCUT2D eigenvalue weighted by Gasteiger charge is 2.19. The van der Waals surface area contributed by atoms with E-state index in [2.05, 4.69) is 16.3 Å². The summed E-state index contributed by atoms with van der Waals surface area (Å²) in [6, 6.07) is 19.3. The van der Waals surface area contributed by atoms with E-state index in [1.54, 1.807) is 11.9 Å². The van der Waals surface area contributed by atoms with Crippen molar-refractivity contribution in [1.29, 1.82) is 0 Å². The number of aryl methyl sites for hydroxylation is 2. The van der Waals surface area contributed by atoms with Crippen molar-refractivity contribution >= 4 is 5.91 Å². The smallest absolute Gasteiger partial charge is 0.243 e. The van der Waals surface area contributed by atoms with Crippen molar-refractivity contribution in [2.45, 2.75) is 25.8 Å². The summed E-state index contributed by atoms with van der Waals surface area (Å²) in [5.74, 6) is -0.0616.